The fourth-order valence-corrected chi connectivity index (χ4v) is 5.81. The SMILES string of the molecule is CCCCC/C=C/C(NP(=O)(c1ccccc1)c1ccccc1)c1ccccc1. The second-order valence-corrected chi connectivity index (χ2v) is 9.73. The van der Waals surface area contributed by atoms with E-state index in [9.17, 15) is 4.57 Å². The summed E-state index contributed by atoms with van der Waals surface area (Å²) in [4.78, 5) is 0. The molecule has 1 unspecified atom stereocenters. The molecule has 29 heavy (non-hydrogen) atoms. The average Bonchev–Trinajstić information content (AvgIpc) is 2.80. The Morgan fingerprint density at radius 2 is 1.31 bits per heavy atom. The number of rotatable bonds is 10. The zero-order valence-electron chi connectivity index (χ0n) is 17.1. The van der Waals surface area contributed by atoms with Gasteiger partial charge in [-0.25, -0.2) is 5.09 Å². The van der Waals surface area contributed by atoms with Crippen LogP contribution >= 0.6 is 7.29 Å². The van der Waals surface area contributed by atoms with Gasteiger partial charge < -0.3 is 0 Å². The van der Waals surface area contributed by atoms with Crippen LogP contribution in [0.3, 0.4) is 0 Å². The summed E-state index contributed by atoms with van der Waals surface area (Å²) < 4.78 is 14.4. The van der Waals surface area contributed by atoms with Crippen LogP contribution < -0.4 is 15.7 Å². The quantitative estimate of drug-likeness (QED) is 0.242. The van der Waals surface area contributed by atoms with Crippen LogP contribution in [0.25, 0.3) is 0 Å². The summed E-state index contributed by atoms with van der Waals surface area (Å²) >= 11 is 0. The monoisotopic (exact) mass is 403 g/mol. The minimum Gasteiger partial charge on any atom is -0.296 e. The van der Waals surface area contributed by atoms with Crippen molar-refractivity contribution in [2.75, 3.05) is 0 Å². The Balaban J connectivity index is 1.96. The molecule has 150 valence electrons. The first kappa shape index (κ1) is 21.3. The van der Waals surface area contributed by atoms with Crippen molar-refractivity contribution in [3.05, 3.63) is 109 Å². The molecule has 0 aliphatic rings. The van der Waals surface area contributed by atoms with E-state index in [-0.39, 0.29) is 6.04 Å². The molecule has 0 aliphatic carbocycles. The fraction of sp³-hybridized carbons (Fsp3) is 0.231. The van der Waals surface area contributed by atoms with Gasteiger partial charge in [0.2, 0.25) is 7.29 Å². The largest absolute Gasteiger partial charge is 0.296 e. The Hall–Kier alpha value is -2.41. The maximum Gasteiger partial charge on any atom is 0.205 e. The first-order chi connectivity index (χ1) is 14.2. The van der Waals surface area contributed by atoms with E-state index >= 15 is 0 Å². The molecule has 0 heterocycles. The highest BCUT2D eigenvalue weighted by Crippen LogP contribution is 2.42. The van der Waals surface area contributed by atoms with E-state index in [4.69, 9.17) is 0 Å². The number of nitrogens with one attached hydrogen (secondary N) is 1. The van der Waals surface area contributed by atoms with Gasteiger partial charge in [-0.05, 0) is 42.7 Å². The van der Waals surface area contributed by atoms with Gasteiger partial charge in [-0.15, -0.1) is 0 Å². The molecule has 3 aromatic carbocycles. The highest BCUT2D eigenvalue weighted by molar-refractivity contribution is 7.76. The molecule has 0 saturated carbocycles. The van der Waals surface area contributed by atoms with Crippen LogP contribution in [0.5, 0.6) is 0 Å². The fourth-order valence-electron chi connectivity index (χ4n) is 3.40. The van der Waals surface area contributed by atoms with Crippen LogP contribution in [-0.2, 0) is 4.57 Å². The molecule has 0 fully saturated rings. The molecule has 1 atom stereocenters. The van der Waals surface area contributed by atoms with Crippen molar-refractivity contribution in [2.24, 2.45) is 0 Å². The summed E-state index contributed by atoms with van der Waals surface area (Å²) in [6.07, 6.45) is 9.07. The van der Waals surface area contributed by atoms with Gasteiger partial charge in [0.05, 0.1) is 6.04 Å². The summed E-state index contributed by atoms with van der Waals surface area (Å²) in [5, 5.41) is 5.19. The van der Waals surface area contributed by atoms with Crippen molar-refractivity contribution < 1.29 is 4.57 Å². The van der Waals surface area contributed by atoms with Gasteiger partial charge in [-0.3, -0.25) is 4.57 Å². The summed E-state index contributed by atoms with van der Waals surface area (Å²) in [5.74, 6) is 0. The van der Waals surface area contributed by atoms with Gasteiger partial charge in [0, 0.05) is 10.6 Å². The highest BCUT2D eigenvalue weighted by atomic mass is 31.2. The molecule has 3 aromatic rings. The third-order valence-corrected chi connectivity index (χ3v) is 7.71. The van der Waals surface area contributed by atoms with Crippen molar-refractivity contribution in [1.82, 2.24) is 5.09 Å². The molecule has 3 heteroatoms. The van der Waals surface area contributed by atoms with Crippen LogP contribution in [0.15, 0.2) is 103 Å². The molecule has 0 radical (unpaired) electrons. The van der Waals surface area contributed by atoms with Crippen LogP contribution in [-0.4, -0.2) is 0 Å². The average molecular weight is 404 g/mol. The Labute approximate surface area is 175 Å². The second-order valence-electron chi connectivity index (χ2n) is 7.22. The summed E-state index contributed by atoms with van der Waals surface area (Å²) in [5.41, 5.74) is 1.12. The smallest absolute Gasteiger partial charge is 0.205 e. The van der Waals surface area contributed by atoms with Crippen LogP contribution in [0.2, 0.25) is 0 Å². The lowest BCUT2D eigenvalue weighted by Gasteiger charge is -2.26. The van der Waals surface area contributed by atoms with E-state index in [1.807, 2.05) is 78.9 Å². The molecule has 2 nitrogen and oxygen atoms in total. The topological polar surface area (TPSA) is 29.1 Å². The zero-order chi connectivity index (χ0) is 20.4. The minimum absolute atomic E-state index is 0.121. The molecular formula is C26H30NOP. The Morgan fingerprint density at radius 1 is 0.793 bits per heavy atom. The van der Waals surface area contributed by atoms with E-state index in [0.29, 0.717) is 0 Å². The summed E-state index contributed by atoms with van der Waals surface area (Å²) in [6, 6.07) is 29.7. The number of allylic oxidation sites excluding steroid dienone is 1. The number of hydrogen-bond acceptors (Lipinski definition) is 1. The van der Waals surface area contributed by atoms with Crippen LogP contribution in [0.1, 0.15) is 44.2 Å². The minimum atomic E-state index is -3.01. The van der Waals surface area contributed by atoms with Gasteiger partial charge in [-0.2, -0.15) is 0 Å². The molecule has 3 rings (SSSR count). The second kappa shape index (κ2) is 11.0. The normalized spacial score (nSPS) is 12.9. The van der Waals surface area contributed by atoms with Gasteiger partial charge in [0.1, 0.15) is 0 Å². The molecule has 0 aliphatic heterocycles. The van der Waals surface area contributed by atoms with E-state index in [2.05, 4.69) is 36.3 Å². The Kier molecular flexibility index (Phi) is 8.04. The summed E-state index contributed by atoms with van der Waals surface area (Å²) in [7, 11) is -3.01. The summed E-state index contributed by atoms with van der Waals surface area (Å²) in [6.45, 7) is 2.22. The molecule has 0 amide bonds. The van der Waals surface area contributed by atoms with Crippen molar-refractivity contribution in [1.29, 1.82) is 0 Å². The predicted octanol–water partition coefficient (Wildman–Crippen LogP) is 6.38. The maximum atomic E-state index is 14.4. The van der Waals surface area contributed by atoms with Crippen molar-refractivity contribution in [3.8, 4) is 0 Å². The van der Waals surface area contributed by atoms with E-state index in [1.54, 1.807) is 0 Å². The maximum absolute atomic E-state index is 14.4. The Morgan fingerprint density at radius 3 is 1.83 bits per heavy atom. The first-order valence-corrected chi connectivity index (χ1v) is 12.2. The molecule has 0 saturated heterocycles. The van der Waals surface area contributed by atoms with Crippen molar-refractivity contribution in [2.45, 2.75) is 38.6 Å². The van der Waals surface area contributed by atoms with Crippen LogP contribution in [0, 0.1) is 0 Å². The Bertz CT molecular complexity index is 879. The highest BCUT2D eigenvalue weighted by Gasteiger charge is 2.29. The van der Waals surface area contributed by atoms with Crippen molar-refractivity contribution in [3.63, 3.8) is 0 Å². The van der Waals surface area contributed by atoms with Gasteiger partial charge >= 0.3 is 0 Å². The number of hydrogen-bond donors (Lipinski definition) is 1. The lowest BCUT2D eigenvalue weighted by atomic mass is 10.1. The molecule has 1 N–H and O–H groups in total. The predicted molar refractivity (Wildman–Crippen MR) is 125 cm³/mol. The zero-order valence-corrected chi connectivity index (χ0v) is 18.0. The molecule has 0 aromatic heterocycles. The molecule has 0 bridgehead atoms. The van der Waals surface area contributed by atoms with E-state index in [0.717, 1.165) is 22.6 Å². The molecule has 0 spiro atoms. The van der Waals surface area contributed by atoms with Crippen molar-refractivity contribution >= 4 is 17.9 Å². The lowest BCUT2D eigenvalue weighted by Crippen LogP contribution is -2.30. The first-order valence-electron chi connectivity index (χ1n) is 10.4. The third-order valence-electron chi connectivity index (χ3n) is 5.02. The lowest BCUT2D eigenvalue weighted by molar-refractivity contribution is 0.573. The standard InChI is InChI=1S/C26H30NOP/c1-2-3-4-5-15-22-26(23-16-9-6-10-17-23)27-29(28,24-18-11-7-12-19-24)25-20-13-8-14-21-25/h6-22,26H,2-5H2,1H3,(H,27,28)/b22-15+. The van der Waals surface area contributed by atoms with Gasteiger partial charge in [0.25, 0.3) is 0 Å². The number of benzene rings is 3. The van der Waals surface area contributed by atoms with Gasteiger partial charge in [-0.1, -0.05) is 98.6 Å². The third kappa shape index (κ3) is 5.79. The van der Waals surface area contributed by atoms with E-state index in [1.165, 1.54) is 19.3 Å². The number of unbranched alkanes of at least 4 members (excludes halogenated alkanes) is 3. The van der Waals surface area contributed by atoms with Crippen LogP contribution in [0.4, 0.5) is 0 Å². The molecular weight excluding hydrogens is 373 g/mol. The van der Waals surface area contributed by atoms with E-state index < -0.39 is 7.29 Å². The van der Waals surface area contributed by atoms with Gasteiger partial charge in [0.15, 0.2) is 0 Å².